The van der Waals surface area contributed by atoms with Gasteiger partial charge in [-0.3, -0.25) is 9.78 Å². The molecule has 4 rings (SSSR count). The topological polar surface area (TPSA) is 65.5 Å². The van der Waals surface area contributed by atoms with E-state index in [-0.39, 0.29) is 5.97 Å². The first kappa shape index (κ1) is 17.9. The smallest absolute Gasteiger partial charge is 0.356 e. The van der Waals surface area contributed by atoms with E-state index in [1.807, 2.05) is 39.0 Å². The third kappa shape index (κ3) is 2.04. The normalized spacial score (nSPS) is 29.0. The Morgan fingerprint density at radius 2 is 1.96 bits per heavy atom. The summed E-state index contributed by atoms with van der Waals surface area (Å²) in [6.07, 6.45) is 2.71. The summed E-state index contributed by atoms with van der Waals surface area (Å²) in [5.74, 6) is -0.550. The van der Waals surface area contributed by atoms with Crippen LogP contribution in [0.2, 0.25) is 0 Å². The molecule has 0 radical (unpaired) electrons. The predicted octanol–water partition coefficient (Wildman–Crippen LogP) is 4.79. The van der Waals surface area contributed by atoms with Gasteiger partial charge >= 0.3 is 11.9 Å². The quantitative estimate of drug-likeness (QED) is 0.455. The van der Waals surface area contributed by atoms with Crippen molar-refractivity contribution < 1.29 is 19.1 Å². The zero-order valence-corrected chi connectivity index (χ0v) is 17.7. The molecule has 136 valence electrons. The molecule has 5 nitrogen and oxygen atoms in total. The van der Waals surface area contributed by atoms with Gasteiger partial charge in [0.15, 0.2) is 5.75 Å². The third-order valence-electron chi connectivity index (χ3n) is 6.36. The van der Waals surface area contributed by atoms with E-state index in [2.05, 4.69) is 36.8 Å². The molecule has 1 aromatic heterocycles. The van der Waals surface area contributed by atoms with Crippen LogP contribution in [-0.4, -0.2) is 22.5 Å². The van der Waals surface area contributed by atoms with E-state index in [0.29, 0.717) is 28.6 Å². The maximum Gasteiger partial charge on any atom is 0.356 e. The van der Waals surface area contributed by atoms with Gasteiger partial charge in [-0.05, 0) is 47.8 Å². The summed E-state index contributed by atoms with van der Waals surface area (Å²) in [4.78, 5) is 30.0. The molecule has 2 atom stereocenters. The number of esters is 2. The second kappa shape index (κ2) is 5.52. The van der Waals surface area contributed by atoms with Gasteiger partial charge in [0.1, 0.15) is 5.52 Å². The number of halogens is 2. The minimum atomic E-state index is -1.27. The average Bonchev–Trinajstić information content (AvgIpc) is 2.89. The number of pyridine rings is 1. The van der Waals surface area contributed by atoms with Crippen LogP contribution in [0.5, 0.6) is 5.75 Å². The molecule has 1 saturated carbocycles. The molecule has 2 aliphatic rings. The van der Waals surface area contributed by atoms with Crippen molar-refractivity contribution in [2.75, 3.05) is 0 Å². The minimum absolute atomic E-state index is 0.329. The number of benzene rings is 1. The van der Waals surface area contributed by atoms with Crippen molar-refractivity contribution in [1.82, 2.24) is 4.98 Å². The van der Waals surface area contributed by atoms with Gasteiger partial charge in [-0.25, -0.2) is 4.79 Å². The van der Waals surface area contributed by atoms with Crippen LogP contribution >= 0.6 is 31.9 Å². The van der Waals surface area contributed by atoms with Crippen LogP contribution in [-0.2, 0) is 14.3 Å². The second-order valence-corrected chi connectivity index (χ2v) is 9.34. The van der Waals surface area contributed by atoms with Crippen molar-refractivity contribution in [3.63, 3.8) is 0 Å². The fraction of sp³-hybridized carbons (Fsp3) is 0.421. The fourth-order valence-corrected chi connectivity index (χ4v) is 5.47. The van der Waals surface area contributed by atoms with Crippen LogP contribution < -0.4 is 4.74 Å². The Hall–Kier alpha value is -1.47. The van der Waals surface area contributed by atoms with Gasteiger partial charge in [0, 0.05) is 21.5 Å². The SMILES string of the molecule is CC1(C)[C@@]2(C)CC[C@@]1(C(=O)Oc1c(Br)cc(Br)c3cccnc13)OC2=O. The highest BCUT2D eigenvalue weighted by molar-refractivity contribution is 9.11. The van der Waals surface area contributed by atoms with Crippen LogP contribution in [0.3, 0.4) is 0 Å². The van der Waals surface area contributed by atoms with Gasteiger partial charge in [-0.15, -0.1) is 0 Å². The van der Waals surface area contributed by atoms with E-state index < -0.39 is 22.4 Å². The Bertz CT molecular complexity index is 973. The van der Waals surface area contributed by atoms with Gasteiger partial charge in [0.25, 0.3) is 0 Å². The lowest BCUT2D eigenvalue weighted by molar-refractivity contribution is -0.176. The van der Waals surface area contributed by atoms with Crippen molar-refractivity contribution in [2.24, 2.45) is 10.8 Å². The molecule has 1 aliphatic heterocycles. The van der Waals surface area contributed by atoms with Crippen molar-refractivity contribution in [3.05, 3.63) is 33.3 Å². The fourth-order valence-electron chi connectivity index (χ4n) is 4.12. The Kier molecular flexibility index (Phi) is 3.80. The van der Waals surface area contributed by atoms with Gasteiger partial charge in [-0.2, -0.15) is 0 Å². The zero-order chi connectivity index (χ0) is 18.9. The standard InChI is InChI=1S/C19H17Br2NO4/c1-17(2)18(3)6-7-19(17,26-15(18)23)16(24)25-14-12(21)9-11(20)10-5-4-8-22-13(10)14/h4-5,8-9H,6-7H2,1-3H3/t18-,19-/m0/s1. The monoisotopic (exact) mass is 481 g/mol. The number of aromatic nitrogens is 1. The predicted molar refractivity (Wildman–Crippen MR) is 103 cm³/mol. The Morgan fingerprint density at radius 3 is 2.58 bits per heavy atom. The summed E-state index contributed by atoms with van der Waals surface area (Å²) in [6.45, 7) is 5.67. The number of hydrogen-bond acceptors (Lipinski definition) is 5. The van der Waals surface area contributed by atoms with Crippen LogP contribution in [0, 0.1) is 10.8 Å². The lowest BCUT2D eigenvalue weighted by Crippen LogP contribution is -2.50. The molecular weight excluding hydrogens is 466 g/mol. The zero-order valence-electron chi connectivity index (χ0n) is 14.6. The van der Waals surface area contributed by atoms with E-state index in [0.717, 1.165) is 9.86 Å². The molecule has 2 bridgehead atoms. The van der Waals surface area contributed by atoms with Gasteiger partial charge in [-0.1, -0.05) is 35.8 Å². The highest BCUT2D eigenvalue weighted by atomic mass is 79.9. The maximum absolute atomic E-state index is 13.2. The lowest BCUT2D eigenvalue weighted by atomic mass is 9.66. The molecule has 0 amide bonds. The summed E-state index contributed by atoms with van der Waals surface area (Å²) in [6, 6.07) is 5.52. The Labute approximate surface area is 167 Å². The van der Waals surface area contributed by atoms with Crippen LogP contribution in [0.25, 0.3) is 10.9 Å². The molecule has 26 heavy (non-hydrogen) atoms. The number of ether oxygens (including phenoxy) is 2. The Morgan fingerprint density at radius 1 is 1.23 bits per heavy atom. The number of carbonyl (C=O) groups excluding carboxylic acids is 2. The average molecular weight is 483 g/mol. The molecular formula is C19H17Br2NO4. The van der Waals surface area contributed by atoms with Crippen molar-refractivity contribution in [3.8, 4) is 5.75 Å². The number of fused-ring (bicyclic) bond motifs is 3. The third-order valence-corrected chi connectivity index (χ3v) is 7.60. The lowest BCUT2D eigenvalue weighted by Gasteiger charge is -2.34. The van der Waals surface area contributed by atoms with Crippen molar-refractivity contribution in [2.45, 2.75) is 39.2 Å². The molecule has 0 N–H and O–H groups in total. The first-order chi connectivity index (χ1) is 12.1. The number of hydrogen-bond donors (Lipinski definition) is 0. The first-order valence-electron chi connectivity index (χ1n) is 8.32. The molecule has 1 aromatic carbocycles. The largest absolute Gasteiger partial charge is 0.446 e. The highest BCUT2D eigenvalue weighted by Gasteiger charge is 2.76. The van der Waals surface area contributed by atoms with Crippen molar-refractivity contribution >= 4 is 54.7 Å². The van der Waals surface area contributed by atoms with Gasteiger partial charge < -0.3 is 9.47 Å². The molecule has 1 saturated heterocycles. The van der Waals surface area contributed by atoms with E-state index in [1.165, 1.54) is 0 Å². The maximum atomic E-state index is 13.2. The Balaban J connectivity index is 1.79. The highest BCUT2D eigenvalue weighted by Crippen LogP contribution is 2.65. The summed E-state index contributed by atoms with van der Waals surface area (Å²) < 4.78 is 12.9. The number of carbonyl (C=O) groups is 2. The summed E-state index contributed by atoms with van der Waals surface area (Å²) >= 11 is 6.95. The summed E-state index contributed by atoms with van der Waals surface area (Å²) in [5, 5.41) is 0.829. The van der Waals surface area contributed by atoms with Gasteiger partial charge in [0.05, 0.1) is 9.89 Å². The molecule has 0 spiro atoms. The van der Waals surface area contributed by atoms with Crippen molar-refractivity contribution in [1.29, 1.82) is 0 Å². The number of nitrogens with zero attached hydrogens (tertiary/aromatic N) is 1. The second-order valence-electron chi connectivity index (χ2n) is 7.63. The van der Waals surface area contributed by atoms with Crippen LogP contribution in [0.1, 0.15) is 33.6 Å². The molecule has 7 heteroatoms. The molecule has 2 aromatic rings. The first-order valence-corrected chi connectivity index (χ1v) is 9.91. The summed E-state index contributed by atoms with van der Waals surface area (Å²) in [7, 11) is 0. The van der Waals surface area contributed by atoms with E-state index >= 15 is 0 Å². The van der Waals surface area contributed by atoms with E-state index in [9.17, 15) is 9.59 Å². The molecule has 2 fully saturated rings. The molecule has 1 aliphatic carbocycles. The molecule has 0 unspecified atom stereocenters. The van der Waals surface area contributed by atoms with Crippen LogP contribution in [0.15, 0.2) is 33.3 Å². The van der Waals surface area contributed by atoms with Gasteiger partial charge in [0.2, 0.25) is 5.60 Å². The summed E-state index contributed by atoms with van der Waals surface area (Å²) in [5.41, 5.74) is -2.05. The number of rotatable bonds is 2. The minimum Gasteiger partial charge on any atom is -0.446 e. The molecule has 2 heterocycles. The van der Waals surface area contributed by atoms with Crippen LogP contribution in [0.4, 0.5) is 0 Å². The van der Waals surface area contributed by atoms with E-state index in [4.69, 9.17) is 9.47 Å². The van der Waals surface area contributed by atoms with E-state index in [1.54, 1.807) is 6.20 Å².